The molecule has 4 nitrogen and oxygen atoms in total. The van der Waals surface area contributed by atoms with Crippen molar-refractivity contribution < 1.29 is 4.74 Å². The third kappa shape index (κ3) is 3.40. The molecule has 0 aliphatic carbocycles. The maximum atomic E-state index is 7.70. The lowest BCUT2D eigenvalue weighted by Gasteiger charge is -2.14. The van der Waals surface area contributed by atoms with Crippen LogP contribution >= 0.6 is 0 Å². The first-order valence-corrected chi connectivity index (χ1v) is 6.99. The molecule has 0 fully saturated rings. The van der Waals surface area contributed by atoms with Crippen LogP contribution in [-0.2, 0) is 0 Å². The van der Waals surface area contributed by atoms with Crippen molar-refractivity contribution in [3.63, 3.8) is 0 Å². The molecular weight excluding hydrogens is 262 g/mol. The molecule has 110 valence electrons. The number of hydrogen-bond acceptors (Lipinski definition) is 3. The Kier molecular flexibility index (Phi) is 4.26. The van der Waals surface area contributed by atoms with Crippen LogP contribution in [-0.4, -0.2) is 10.8 Å². The van der Waals surface area contributed by atoms with E-state index in [1.54, 1.807) is 6.07 Å². The number of benzene rings is 1. The molecule has 2 aromatic rings. The number of aromatic nitrogens is 1. The van der Waals surface area contributed by atoms with Crippen molar-refractivity contribution in [1.82, 2.24) is 4.98 Å². The number of hydrogen-bond donors (Lipinski definition) is 2. The second-order valence-electron chi connectivity index (χ2n) is 5.46. The van der Waals surface area contributed by atoms with Gasteiger partial charge in [0.1, 0.15) is 17.3 Å². The van der Waals surface area contributed by atoms with Gasteiger partial charge in [-0.15, -0.1) is 0 Å². The summed E-state index contributed by atoms with van der Waals surface area (Å²) in [5.41, 5.74) is 9.00. The highest BCUT2D eigenvalue weighted by Crippen LogP contribution is 2.28. The van der Waals surface area contributed by atoms with E-state index in [1.165, 1.54) is 5.56 Å². The Morgan fingerprint density at radius 3 is 2.33 bits per heavy atom. The molecule has 21 heavy (non-hydrogen) atoms. The number of aryl methyl sites for hydroxylation is 2. The monoisotopic (exact) mass is 283 g/mol. The van der Waals surface area contributed by atoms with Gasteiger partial charge in [-0.3, -0.25) is 10.4 Å². The molecule has 4 heteroatoms. The van der Waals surface area contributed by atoms with Crippen molar-refractivity contribution in [3.8, 4) is 11.5 Å². The first kappa shape index (κ1) is 15.0. The summed E-state index contributed by atoms with van der Waals surface area (Å²) in [5.74, 6) is 1.75. The second kappa shape index (κ2) is 5.95. The van der Waals surface area contributed by atoms with Gasteiger partial charge in [0.05, 0.1) is 11.3 Å². The van der Waals surface area contributed by atoms with Crippen LogP contribution in [0.2, 0.25) is 0 Å². The highest BCUT2D eigenvalue weighted by atomic mass is 16.5. The van der Waals surface area contributed by atoms with E-state index in [-0.39, 0.29) is 5.84 Å². The number of amidine groups is 1. The van der Waals surface area contributed by atoms with E-state index >= 15 is 0 Å². The summed E-state index contributed by atoms with van der Waals surface area (Å²) in [4.78, 5) is 4.33. The number of nitrogen functional groups attached to an aromatic ring is 1. The van der Waals surface area contributed by atoms with Crippen LogP contribution in [0.5, 0.6) is 11.5 Å². The summed E-state index contributed by atoms with van der Waals surface area (Å²) >= 11 is 0. The quantitative estimate of drug-likeness (QED) is 0.660. The van der Waals surface area contributed by atoms with Crippen molar-refractivity contribution in [2.75, 3.05) is 0 Å². The van der Waals surface area contributed by atoms with Gasteiger partial charge in [-0.2, -0.15) is 0 Å². The van der Waals surface area contributed by atoms with Crippen LogP contribution in [0.4, 0.5) is 0 Å². The average Bonchev–Trinajstić information content (AvgIpc) is 2.37. The lowest BCUT2D eigenvalue weighted by Crippen LogP contribution is -2.15. The molecule has 1 aromatic heterocycles. The van der Waals surface area contributed by atoms with Gasteiger partial charge in [0, 0.05) is 11.8 Å². The molecular formula is C17H21N3O. The highest BCUT2D eigenvalue weighted by Gasteiger charge is 2.13. The minimum Gasteiger partial charge on any atom is -0.456 e. The zero-order valence-electron chi connectivity index (χ0n) is 12.9. The van der Waals surface area contributed by atoms with E-state index in [4.69, 9.17) is 15.9 Å². The van der Waals surface area contributed by atoms with Crippen LogP contribution in [0.3, 0.4) is 0 Å². The van der Waals surface area contributed by atoms with Crippen LogP contribution in [0, 0.1) is 19.3 Å². The standard InChI is InChI=1S/C17H21N3O/c1-10(2)13-5-7-14(8-6-13)21-15-9-11(3)20-12(4)16(15)17(18)19/h5-10H,1-4H3,(H3,18,19). The maximum Gasteiger partial charge on any atom is 0.141 e. The zero-order valence-corrected chi connectivity index (χ0v) is 12.9. The third-order valence-electron chi connectivity index (χ3n) is 3.34. The molecule has 3 N–H and O–H groups in total. The molecule has 0 bridgehead atoms. The van der Waals surface area contributed by atoms with Crippen molar-refractivity contribution in [1.29, 1.82) is 5.41 Å². The van der Waals surface area contributed by atoms with Crippen LogP contribution < -0.4 is 10.5 Å². The van der Waals surface area contributed by atoms with Crippen molar-refractivity contribution in [2.24, 2.45) is 5.73 Å². The molecule has 0 aliphatic heterocycles. The molecule has 1 aromatic carbocycles. The third-order valence-corrected chi connectivity index (χ3v) is 3.34. The predicted molar refractivity (Wildman–Crippen MR) is 85.3 cm³/mol. The number of nitrogens with zero attached hydrogens (tertiary/aromatic N) is 1. The van der Waals surface area contributed by atoms with E-state index in [0.717, 1.165) is 11.4 Å². The Bertz CT molecular complexity index is 660. The topological polar surface area (TPSA) is 72.0 Å². The molecule has 0 saturated carbocycles. The Morgan fingerprint density at radius 2 is 1.81 bits per heavy atom. The molecule has 0 radical (unpaired) electrons. The van der Waals surface area contributed by atoms with Gasteiger partial charge in [-0.05, 0) is 37.5 Å². The summed E-state index contributed by atoms with van der Waals surface area (Å²) in [5, 5.41) is 7.70. The number of pyridine rings is 1. The van der Waals surface area contributed by atoms with E-state index < -0.39 is 0 Å². The molecule has 0 atom stereocenters. The van der Waals surface area contributed by atoms with Gasteiger partial charge in [0.15, 0.2) is 0 Å². The van der Waals surface area contributed by atoms with E-state index in [9.17, 15) is 0 Å². The largest absolute Gasteiger partial charge is 0.456 e. The minimum atomic E-state index is -0.0335. The van der Waals surface area contributed by atoms with E-state index in [2.05, 4.69) is 18.8 Å². The van der Waals surface area contributed by atoms with Crippen LogP contribution in [0.1, 0.15) is 42.3 Å². The second-order valence-corrected chi connectivity index (χ2v) is 5.46. The number of nitrogens with two attached hydrogens (primary N) is 1. The fourth-order valence-electron chi connectivity index (χ4n) is 2.25. The van der Waals surface area contributed by atoms with Crippen molar-refractivity contribution >= 4 is 5.84 Å². The number of nitrogens with one attached hydrogen (secondary N) is 1. The molecule has 2 rings (SSSR count). The molecule has 0 spiro atoms. The van der Waals surface area contributed by atoms with Gasteiger partial charge >= 0.3 is 0 Å². The van der Waals surface area contributed by atoms with Gasteiger partial charge in [0.2, 0.25) is 0 Å². The average molecular weight is 283 g/mol. The summed E-state index contributed by atoms with van der Waals surface area (Å²) in [6.07, 6.45) is 0. The lowest BCUT2D eigenvalue weighted by atomic mass is 10.0. The SMILES string of the molecule is Cc1cc(Oc2ccc(C(C)C)cc2)c(C(=N)N)c(C)n1. The maximum absolute atomic E-state index is 7.70. The fraction of sp³-hybridized carbons (Fsp3) is 0.294. The summed E-state index contributed by atoms with van der Waals surface area (Å²) in [6.45, 7) is 8.03. The highest BCUT2D eigenvalue weighted by molar-refractivity contribution is 5.98. The molecule has 0 unspecified atom stereocenters. The van der Waals surface area contributed by atoms with Crippen molar-refractivity contribution in [3.05, 3.63) is 52.8 Å². The smallest absolute Gasteiger partial charge is 0.141 e. The predicted octanol–water partition coefficient (Wildman–Crippen LogP) is 3.90. The Labute approximate surface area is 125 Å². The summed E-state index contributed by atoms with van der Waals surface area (Å²) in [7, 11) is 0. The summed E-state index contributed by atoms with van der Waals surface area (Å²) < 4.78 is 5.91. The molecule has 0 saturated heterocycles. The molecule has 0 amide bonds. The lowest BCUT2D eigenvalue weighted by molar-refractivity contribution is 0.479. The fourth-order valence-corrected chi connectivity index (χ4v) is 2.25. The first-order chi connectivity index (χ1) is 9.88. The van der Waals surface area contributed by atoms with Gasteiger partial charge in [-0.1, -0.05) is 26.0 Å². The van der Waals surface area contributed by atoms with Crippen LogP contribution in [0.15, 0.2) is 30.3 Å². The number of ether oxygens (including phenoxy) is 1. The van der Waals surface area contributed by atoms with Gasteiger partial charge < -0.3 is 10.5 Å². The van der Waals surface area contributed by atoms with E-state index in [0.29, 0.717) is 22.9 Å². The Morgan fingerprint density at radius 1 is 1.19 bits per heavy atom. The summed E-state index contributed by atoms with van der Waals surface area (Å²) in [6, 6.07) is 9.78. The molecule has 1 heterocycles. The Hall–Kier alpha value is -2.36. The van der Waals surface area contributed by atoms with Gasteiger partial charge in [-0.25, -0.2) is 0 Å². The minimum absolute atomic E-state index is 0.0335. The Balaban J connectivity index is 2.37. The normalized spacial score (nSPS) is 10.7. The number of rotatable bonds is 4. The van der Waals surface area contributed by atoms with Crippen molar-refractivity contribution in [2.45, 2.75) is 33.6 Å². The first-order valence-electron chi connectivity index (χ1n) is 6.99. The molecule has 0 aliphatic rings. The van der Waals surface area contributed by atoms with Gasteiger partial charge in [0.25, 0.3) is 0 Å². The van der Waals surface area contributed by atoms with Crippen LogP contribution in [0.25, 0.3) is 0 Å². The zero-order chi connectivity index (χ0) is 15.6. The van der Waals surface area contributed by atoms with E-state index in [1.807, 2.05) is 38.1 Å².